The fourth-order valence-electron chi connectivity index (χ4n) is 6.05. The molecule has 2 amide bonds. The minimum Gasteiger partial charge on any atom is -0.464 e. The predicted octanol–water partition coefficient (Wildman–Crippen LogP) is 3.65. The van der Waals surface area contributed by atoms with Crippen LogP contribution in [0, 0.1) is 11.6 Å². The van der Waals surface area contributed by atoms with Crippen LogP contribution < -0.4 is 11.0 Å². The number of piperidine rings is 1. The van der Waals surface area contributed by atoms with E-state index in [1.54, 1.807) is 26.3 Å². The van der Waals surface area contributed by atoms with E-state index in [0.717, 1.165) is 11.6 Å². The van der Waals surface area contributed by atoms with E-state index in [2.05, 4.69) is 20.3 Å². The second-order valence-electron chi connectivity index (χ2n) is 10.4. The molecule has 0 aliphatic carbocycles. The lowest BCUT2D eigenvalue weighted by atomic mass is 9.92. The summed E-state index contributed by atoms with van der Waals surface area (Å²) in [4.78, 5) is 51.6. The number of nitrogens with one attached hydrogen (secondary N) is 2. The van der Waals surface area contributed by atoms with Gasteiger partial charge in [-0.2, -0.15) is 0 Å². The molecule has 6 rings (SSSR count). The molecule has 5 heterocycles. The molecule has 1 aromatic carbocycles. The first-order valence-corrected chi connectivity index (χ1v) is 13.5. The van der Waals surface area contributed by atoms with Crippen LogP contribution in [0.1, 0.15) is 65.6 Å². The monoisotopic (exact) mass is 565 g/mol. The average molecular weight is 566 g/mol. The number of hydrogen-bond donors (Lipinski definition) is 2. The number of esters is 1. The Morgan fingerprint density at radius 1 is 1.07 bits per heavy atom. The van der Waals surface area contributed by atoms with Crippen molar-refractivity contribution < 1.29 is 23.1 Å². The molecule has 2 aliphatic rings. The van der Waals surface area contributed by atoms with E-state index >= 15 is 0 Å². The number of methoxy groups -OCH3 is 1. The molecule has 1 saturated heterocycles. The summed E-state index contributed by atoms with van der Waals surface area (Å²) in [5, 5.41) is 3.04. The highest BCUT2D eigenvalue weighted by atomic mass is 19.2. The molecule has 41 heavy (non-hydrogen) atoms. The zero-order valence-corrected chi connectivity index (χ0v) is 22.3. The van der Waals surface area contributed by atoms with E-state index < -0.39 is 29.6 Å². The molecular formula is C28H29F2N7O4. The molecule has 11 nitrogen and oxygen atoms in total. The van der Waals surface area contributed by atoms with Crippen molar-refractivity contribution in [1.29, 1.82) is 0 Å². The number of carbonyl (C=O) groups excluding carboxylic acids is 2. The number of H-pyrrole nitrogens is 1. The van der Waals surface area contributed by atoms with Gasteiger partial charge >= 0.3 is 17.7 Å². The number of likely N-dealkylation sites (tertiary alicyclic amines) is 1. The summed E-state index contributed by atoms with van der Waals surface area (Å²) >= 11 is 0. The Kier molecular flexibility index (Phi) is 7.01. The van der Waals surface area contributed by atoms with E-state index in [0.29, 0.717) is 50.2 Å². The molecule has 4 aromatic rings. The number of carbonyl (C=O) groups is 2. The van der Waals surface area contributed by atoms with Crippen LogP contribution in [0.4, 0.5) is 13.6 Å². The maximum atomic E-state index is 14.7. The molecule has 2 atom stereocenters. The lowest BCUT2D eigenvalue weighted by Crippen LogP contribution is -2.46. The molecular weight excluding hydrogens is 536 g/mol. The molecule has 13 heteroatoms. The number of ether oxygens (including phenoxy) is 1. The van der Waals surface area contributed by atoms with E-state index in [9.17, 15) is 23.2 Å². The number of aromatic amines is 1. The van der Waals surface area contributed by atoms with Crippen molar-refractivity contribution in [2.45, 2.75) is 50.2 Å². The summed E-state index contributed by atoms with van der Waals surface area (Å²) in [6, 6.07) is 6.74. The summed E-state index contributed by atoms with van der Waals surface area (Å²) in [6.45, 7) is 1.04. The highest BCUT2D eigenvalue weighted by molar-refractivity contribution is 5.87. The third-order valence-corrected chi connectivity index (χ3v) is 8.13. The predicted molar refractivity (Wildman–Crippen MR) is 143 cm³/mol. The first-order valence-electron chi connectivity index (χ1n) is 13.5. The van der Waals surface area contributed by atoms with Crippen LogP contribution in [0.25, 0.3) is 11.2 Å². The quantitative estimate of drug-likeness (QED) is 0.364. The van der Waals surface area contributed by atoms with Crippen molar-refractivity contribution in [1.82, 2.24) is 34.3 Å². The molecule has 3 aromatic heterocycles. The van der Waals surface area contributed by atoms with Crippen LogP contribution in [-0.2, 0) is 11.3 Å². The van der Waals surface area contributed by atoms with Gasteiger partial charge in [-0.05, 0) is 49.4 Å². The van der Waals surface area contributed by atoms with Gasteiger partial charge in [-0.3, -0.25) is 9.55 Å². The van der Waals surface area contributed by atoms with Gasteiger partial charge in [0.15, 0.2) is 17.3 Å². The third-order valence-electron chi connectivity index (χ3n) is 8.13. The van der Waals surface area contributed by atoms with Crippen molar-refractivity contribution in [3.63, 3.8) is 0 Å². The number of amides is 2. The third kappa shape index (κ3) is 4.85. The van der Waals surface area contributed by atoms with E-state index in [1.807, 2.05) is 6.07 Å². The van der Waals surface area contributed by atoms with Crippen molar-refractivity contribution in [3.05, 3.63) is 81.9 Å². The van der Waals surface area contributed by atoms with E-state index in [-0.39, 0.29) is 35.6 Å². The lowest BCUT2D eigenvalue weighted by Gasteiger charge is -2.33. The van der Waals surface area contributed by atoms with Crippen molar-refractivity contribution >= 4 is 23.2 Å². The van der Waals surface area contributed by atoms with Gasteiger partial charge in [-0.25, -0.2) is 33.1 Å². The van der Waals surface area contributed by atoms with Crippen LogP contribution in [0.15, 0.2) is 47.5 Å². The standard InChI is InChI=1S/C28H29F2N7O4/c1-41-26(38)22-14-32-25-20(8-7-16(15-36(22)25)18-4-2-5-19(29)23(18)30)33-27(39)35-12-9-17(10-13-35)37-21-6-3-11-31-24(21)34-28(37)40/h2-6,11,14,16-17,20H,7-10,12-13,15H2,1H3,(H,33,39)(H,31,34,40)/t16-,20-/m1/s1. The number of aromatic nitrogens is 5. The number of hydrogen-bond acceptors (Lipinski definition) is 6. The normalized spacial score (nSPS) is 19.5. The number of halogens is 2. The zero-order valence-electron chi connectivity index (χ0n) is 22.3. The molecule has 0 unspecified atom stereocenters. The Balaban J connectivity index is 1.20. The Labute approximate surface area is 233 Å². The maximum absolute atomic E-state index is 14.7. The van der Waals surface area contributed by atoms with Gasteiger partial charge in [0.25, 0.3) is 0 Å². The first kappa shape index (κ1) is 26.7. The fraction of sp³-hybridized carbons (Fsp3) is 0.393. The van der Waals surface area contributed by atoms with Crippen molar-refractivity contribution in [2.75, 3.05) is 20.2 Å². The van der Waals surface area contributed by atoms with Crippen molar-refractivity contribution in [2.24, 2.45) is 0 Å². The topological polar surface area (TPSA) is 127 Å². The summed E-state index contributed by atoms with van der Waals surface area (Å²) < 4.78 is 37.0. The van der Waals surface area contributed by atoms with Gasteiger partial charge in [0.05, 0.1) is 24.9 Å². The Hall–Kier alpha value is -4.55. The van der Waals surface area contributed by atoms with E-state index in [4.69, 9.17) is 4.74 Å². The number of pyridine rings is 1. The second kappa shape index (κ2) is 10.8. The van der Waals surface area contributed by atoms with Crippen LogP contribution in [-0.4, -0.2) is 61.2 Å². The first-order chi connectivity index (χ1) is 19.9. The molecule has 0 radical (unpaired) electrons. The lowest BCUT2D eigenvalue weighted by molar-refractivity contribution is 0.0587. The molecule has 0 bridgehead atoms. The summed E-state index contributed by atoms with van der Waals surface area (Å²) in [5.41, 5.74) is 1.42. The number of urea groups is 1. The second-order valence-corrected chi connectivity index (χ2v) is 10.4. The minimum atomic E-state index is -0.940. The van der Waals surface area contributed by atoms with Crippen molar-refractivity contribution in [3.8, 4) is 0 Å². The number of benzene rings is 1. The summed E-state index contributed by atoms with van der Waals surface area (Å²) in [7, 11) is 1.26. The Morgan fingerprint density at radius 2 is 1.88 bits per heavy atom. The van der Waals surface area contributed by atoms with Gasteiger partial charge < -0.3 is 19.5 Å². The number of rotatable bonds is 4. The van der Waals surface area contributed by atoms with Gasteiger partial charge in [-0.1, -0.05) is 12.1 Å². The van der Waals surface area contributed by atoms with Gasteiger partial charge in [-0.15, -0.1) is 0 Å². The highest BCUT2D eigenvalue weighted by Gasteiger charge is 2.34. The average Bonchev–Trinajstić information content (AvgIpc) is 3.50. The fourth-order valence-corrected chi connectivity index (χ4v) is 6.05. The summed E-state index contributed by atoms with van der Waals surface area (Å²) in [6.07, 6.45) is 5.00. The Morgan fingerprint density at radius 3 is 2.66 bits per heavy atom. The highest BCUT2D eigenvalue weighted by Crippen LogP contribution is 2.35. The van der Waals surface area contributed by atoms with Crippen LogP contribution in [0.2, 0.25) is 0 Å². The smallest absolute Gasteiger partial charge is 0.356 e. The van der Waals surface area contributed by atoms with E-state index in [1.165, 1.54) is 25.4 Å². The Bertz CT molecular complexity index is 1670. The van der Waals surface area contributed by atoms with Gasteiger partial charge in [0.2, 0.25) is 0 Å². The maximum Gasteiger partial charge on any atom is 0.356 e. The van der Waals surface area contributed by atoms with Crippen LogP contribution in [0.5, 0.6) is 0 Å². The molecule has 2 N–H and O–H groups in total. The largest absolute Gasteiger partial charge is 0.464 e. The zero-order chi connectivity index (χ0) is 28.7. The minimum absolute atomic E-state index is 0.0779. The van der Waals surface area contributed by atoms with Crippen LogP contribution in [0.3, 0.4) is 0 Å². The molecule has 0 spiro atoms. The van der Waals surface area contributed by atoms with Crippen LogP contribution >= 0.6 is 0 Å². The molecule has 0 saturated carbocycles. The number of fused-ring (bicyclic) bond motifs is 2. The molecule has 214 valence electrons. The number of imidazole rings is 2. The van der Waals surface area contributed by atoms with Gasteiger partial charge in [0, 0.05) is 37.8 Å². The molecule has 1 fully saturated rings. The SMILES string of the molecule is COC(=O)c1cnc2n1C[C@H](c1cccc(F)c1F)CC[C@H]2NC(=O)N1CCC(n2c(=O)[nH]c3ncccc32)CC1. The summed E-state index contributed by atoms with van der Waals surface area (Å²) in [5.74, 6) is -2.48. The van der Waals surface area contributed by atoms with Gasteiger partial charge in [0.1, 0.15) is 11.5 Å². The molecule has 2 aliphatic heterocycles. The number of nitrogens with zero attached hydrogens (tertiary/aromatic N) is 5.